The molecule has 0 radical (unpaired) electrons. The zero-order valence-corrected chi connectivity index (χ0v) is 7.58. The molecule has 1 heterocycles. The van der Waals surface area contributed by atoms with Crippen LogP contribution in [0, 0.1) is 0 Å². The molecule has 0 spiro atoms. The van der Waals surface area contributed by atoms with Crippen LogP contribution in [0.3, 0.4) is 0 Å². The molecular formula is C6H17AlSi2Zr. The molecule has 0 aliphatic heterocycles. The quantitative estimate of drug-likeness (QED) is 0.514. The van der Waals surface area contributed by atoms with Crippen LogP contribution in [-0.2, 0) is 26.2 Å². The summed E-state index contributed by atoms with van der Waals surface area (Å²) in [5.41, 5.74) is 4.42. The van der Waals surface area contributed by atoms with Crippen LogP contribution < -0.4 is 0 Å². The zero-order chi connectivity index (χ0) is 4.24. The summed E-state index contributed by atoms with van der Waals surface area (Å²) in [7, 11) is 0.513. The smallest absolute Gasteiger partial charge is 0.0805 e. The molecule has 0 atom stereocenters. The van der Waals surface area contributed by atoms with Gasteiger partial charge < -0.3 is 0 Å². The Balaban J connectivity index is -0.0000000450. The van der Waals surface area contributed by atoms with E-state index in [1.807, 2.05) is 0 Å². The molecule has 0 nitrogen and oxygen atoms in total. The average molecular weight is 264 g/mol. The SMILES string of the molecule is C.[AlH3].[SiH4].[Zr].c1cc[siH]cc1. The third-order valence-electron chi connectivity index (χ3n) is 0.667. The van der Waals surface area contributed by atoms with E-state index in [9.17, 15) is 0 Å². The Morgan fingerprint density at radius 2 is 1.30 bits per heavy atom. The molecule has 0 saturated carbocycles. The molecule has 0 aliphatic carbocycles. The van der Waals surface area contributed by atoms with E-state index >= 15 is 0 Å². The fourth-order valence-corrected chi connectivity index (χ4v) is 1.03. The van der Waals surface area contributed by atoms with E-state index < -0.39 is 0 Å². The molecule has 0 aromatic carbocycles. The van der Waals surface area contributed by atoms with E-state index in [1.54, 1.807) is 0 Å². The van der Waals surface area contributed by atoms with Crippen LogP contribution in [0.2, 0.25) is 0 Å². The van der Waals surface area contributed by atoms with Crippen molar-refractivity contribution in [2.45, 2.75) is 7.43 Å². The Labute approximate surface area is 99.8 Å². The Bertz CT molecular complexity index is 87.7. The van der Waals surface area contributed by atoms with Gasteiger partial charge in [0.05, 0.1) is 0 Å². The Hall–Kier alpha value is 1.20. The van der Waals surface area contributed by atoms with Crippen molar-refractivity contribution in [2.24, 2.45) is 0 Å². The topological polar surface area (TPSA) is 0 Å². The summed E-state index contributed by atoms with van der Waals surface area (Å²) in [6.45, 7) is 0. The molecule has 0 fully saturated rings. The predicted molar refractivity (Wildman–Crippen MR) is 57.2 cm³/mol. The molecule has 1 aromatic heterocycles. The van der Waals surface area contributed by atoms with Gasteiger partial charge in [0.15, 0.2) is 17.4 Å². The zero-order valence-electron chi connectivity index (χ0n) is 3.96. The molecule has 10 heavy (non-hydrogen) atoms. The van der Waals surface area contributed by atoms with Gasteiger partial charge in [-0.05, 0) is 11.0 Å². The van der Waals surface area contributed by atoms with Gasteiger partial charge in [0.25, 0.3) is 0 Å². The van der Waals surface area contributed by atoms with Gasteiger partial charge in [0, 0.05) is 35.3 Å². The minimum atomic E-state index is 0. The summed E-state index contributed by atoms with van der Waals surface area (Å²) in [5.74, 6) is 0. The van der Waals surface area contributed by atoms with Crippen molar-refractivity contribution in [1.29, 1.82) is 0 Å². The van der Waals surface area contributed by atoms with E-state index in [-0.39, 0.29) is 62.0 Å². The van der Waals surface area contributed by atoms with Crippen molar-refractivity contribution in [3.63, 3.8) is 0 Å². The number of hydrogen-bond acceptors (Lipinski definition) is 0. The first kappa shape index (κ1) is 22.5. The third-order valence-corrected chi connectivity index (χ3v) is 1.56. The second-order valence-corrected chi connectivity index (χ2v) is 2.31. The first-order chi connectivity index (χ1) is 3.00. The van der Waals surface area contributed by atoms with Crippen LogP contribution in [0.15, 0.2) is 29.6 Å². The number of hydrogen-bond donors (Lipinski definition) is 0. The van der Waals surface area contributed by atoms with E-state index in [2.05, 4.69) is 29.6 Å². The van der Waals surface area contributed by atoms with Gasteiger partial charge in [-0.3, -0.25) is 0 Å². The first-order valence-corrected chi connectivity index (χ1v) is 3.33. The van der Waals surface area contributed by atoms with Crippen molar-refractivity contribution in [2.75, 3.05) is 0 Å². The van der Waals surface area contributed by atoms with Gasteiger partial charge in [0.2, 0.25) is 0 Å². The Morgan fingerprint density at radius 1 is 0.900 bits per heavy atom. The van der Waals surface area contributed by atoms with Crippen LogP contribution in [-0.4, -0.2) is 37.4 Å². The summed E-state index contributed by atoms with van der Waals surface area (Å²) in [6, 6.07) is 6.24. The van der Waals surface area contributed by atoms with E-state index in [0.717, 1.165) is 0 Å². The van der Waals surface area contributed by atoms with Gasteiger partial charge in [-0.1, -0.05) is 37.0 Å². The molecule has 0 aliphatic rings. The van der Waals surface area contributed by atoms with Gasteiger partial charge in [0.1, 0.15) is 0 Å². The monoisotopic (exact) mass is 262 g/mol. The summed E-state index contributed by atoms with van der Waals surface area (Å²) in [6.07, 6.45) is 0. The van der Waals surface area contributed by atoms with Crippen LogP contribution in [0.1, 0.15) is 7.43 Å². The van der Waals surface area contributed by atoms with Crippen LogP contribution in [0.4, 0.5) is 0 Å². The fourth-order valence-electron chi connectivity index (χ4n) is 0.385. The second kappa shape index (κ2) is 16.7. The third kappa shape index (κ3) is 11.9. The van der Waals surface area contributed by atoms with E-state index in [1.165, 1.54) is 0 Å². The van der Waals surface area contributed by atoms with E-state index in [4.69, 9.17) is 0 Å². The largest absolute Gasteiger partial charge is 0.187 e. The van der Waals surface area contributed by atoms with Crippen LogP contribution >= 0.6 is 0 Å². The van der Waals surface area contributed by atoms with Crippen molar-refractivity contribution in [1.82, 2.24) is 0 Å². The minimum Gasteiger partial charge on any atom is -0.0805 e. The molecule has 0 saturated heterocycles. The van der Waals surface area contributed by atoms with Crippen LogP contribution in [0.5, 0.6) is 0 Å². The molecule has 0 amide bonds. The Kier molecular flexibility index (Phi) is 37.4. The average Bonchev–Trinajstić information content (AvgIpc) is 1.72. The Morgan fingerprint density at radius 3 is 1.40 bits per heavy atom. The summed E-state index contributed by atoms with van der Waals surface area (Å²) < 4.78 is 0. The first-order valence-electron chi connectivity index (χ1n) is 2.00. The molecule has 56 valence electrons. The summed E-state index contributed by atoms with van der Waals surface area (Å²) in [5, 5.41) is 0. The van der Waals surface area contributed by atoms with Crippen molar-refractivity contribution in [3.05, 3.63) is 29.6 Å². The van der Waals surface area contributed by atoms with Crippen molar-refractivity contribution in [3.8, 4) is 0 Å². The predicted octanol–water partition coefficient (Wildman–Crippen LogP) is -1.24. The maximum absolute atomic E-state index is 2.21. The molecule has 1 rings (SSSR count). The minimum absolute atomic E-state index is 0. The molecule has 0 N–H and O–H groups in total. The second-order valence-electron chi connectivity index (χ2n) is 1.15. The van der Waals surface area contributed by atoms with Crippen molar-refractivity contribution < 1.29 is 26.2 Å². The standard InChI is InChI=1S/C5H6Si.CH4.Al.H4Si.Zr.3H/c1-2-4-6-5-3-1;;;;;;;/h1-6H;1H4;;1H4;;;;. The van der Waals surface area contributed by atoms with E-state index in [0.29, 0.717) is 9.12 Å². The van der Waals surface area contributed by atoms with Gasteiger partial charge in [-0.15, -0.1) is 0 Å². The maximum Gasteiger partial charge on any atom is 0.187 e. The molecule has 1 aromatic rings. The number of rotatable bonds is 0. The van der Waals surface area contributed by atoms with Gasteiger partial charge in [-0.2, -0.15) is 0 Å². The van der Waals surface area contributed by atoms with Crippen molar-refractivity contribution >= 4 is 37.4 Å². The molecular weight excluding hydrogens is 246 g/mol. The van der Waals surface area contributed by atoms with Gasteiger partial charge in [-0.25, -0.2) is 0 Å². The molecule has 4 heteroatoms. The fraction of sp³-hybridized carbons (Fsp3) is 0.167. The maximum atomic E-state index is 2.21. The normalized spacial score (nSPS) is 4.80. The molecule has 0 bridgehead atoms. The van der Waals surface area contributed by atoms with Gasteiger partial charge >= 0.3 is 0 Å². The molecule has 0 unspecified atom stereocenters. The van der Waals surface area contributed by atoms with Crippen LogP contribution in [0.25, 0.3) is 0 Å². The summed E-state index contributed by atoms with van der Waals surface area (Å²) >= 11 is 0. The summed E-state index contributed by atoms with van der Waals surface area (Å²) in [4.78, 5) is 0.